The van der Waals surface area contributed by atoms with Gasteiger partial charge < -0.3 is 4.74 Å². The molecule has 3 nitrogen and oxygen atoms in total. The molecule has 0 bridgehead atoms. The Bertz CT molecular complexity index is 241. The van der Waals surface area contributed by atoms with Crippen molar-refractivity contribution < 1.29 is 4.74 Å². The van der Waals surface area contributed by atoms with Crippen LogP contribution in [-0.4, -0.2) is 23.9 Å². The molecule has 1 rings (SSSR count). The fourth-order valence-corrected chi connectivity index (χ4v) is 2.32. The van der Waals surface area contributed by atoms with Gasteiger partial charge in [-0.2, -0.15) is 0 Å². The van der Waals surface area contributed by atoms with Crippen LogP contribution in [0.15, 0.2) is 3.92 Å². The van der Waals surface area contributed by atoms with Gasteiger partial charge in [-0.15, -0.1) is 10.2 Å². The highest BCUT2D eigenvalue weighted by Gasteiger charge is 2.07. The van der Waals surface area contributed by atoms with E-state index in [1.165, 1.54) is 0 Å². The minimum Gasteiger partial charge on any atom is -0.384 e. The van der Waals surface area contributed by atoms with Gasteiger partial charge in [0.15, 0.2) is 3.92 Å². The van der Waals surface area contributed by atoms with Gasteiger partial charge in [-0.05, 0) is 21.8 Å². The SMILES string of the molecule is COCC(C)Cc1nnc(Br)s1. The first kappa shape index (κ1) is 10.1. The molecule has 12 heavy (non-hydrogen) atoms. The van der Waals surface area contributed by atoms with Crippen LogP contribution in [0, 0.1) is 5.92 Å². The Labute approximate surface area is 84.3 Å². The molecule has 5 heteroatoms. The van der Waals surface area contributed by atoms with Crippen molar-refractivity contribution in [2.75, 3.05) is 13.7 Å². The van der Waals surface area contributed by atoms with E-state index in [-0.39, 0.29) is 0 Å². The first-order valence-corrected chi connectivity index (χ1v) is 5.30. The molecule has 0 fully saturated rings. The summed E-state index contributed by atoms with van der Waals surface area (Å²) in [6, 6.07) is 0. The first-order chi connectivity index (χ1) is 5.72. The highest BCUT2D eigenvalue weighted by molar-refractivity contribution is 9.11. The molecule has 1 aromatic heterocycles. The van der Waals surface area contributed by atoms with Crippen molar-refractivity contribution in [2.24, 2.45) is 5.92 Å². The number of hydrogen-bond acceptors (Lipinski definition) is 4. The van der Waals surface area contributed by atoms with Crippen molar-refractivity contribution in [3.05, 3.63) is 8.92 Å². The predicted molar refractivity (Wildman–Crippen MR) is 52.4 cm³/mol. The third-order valence-corrected chi connectivity index (χ3v) is 2.79. The molecule has 0 saturated carbocycles. The highest BCUT2D eigenvalue weighted by Crippen LogP contribution is 2.18. The number of nitrogens with zero attached hydrogens (tertiary/aromatic N) is 2. The molecular weight excluding hydrogens is 240 g/mol. The summed E-state index contributed by atoms with van der Waals surface area (Å²) in [5.41, 5.74) is 0. The maximum atomic E-state index is 5.03. The lowest BCUT2D eigenvalue weighted by molar-refractivity contribution is 0.159. The second-order valence-corrected chi connectivity index (χ2v) is 5.05. The molecule has 1 aromatic rings. The van der Waals surface area contributed by atoms with Gasteiger partial charge in [0.2, 0.25) is 0 Å². The van der Waals surface area contributed by atoms with Crippen LogP contribution in [0.1, 0.15) is 11.9 Å². The van der Waals surface area contributed by atoms with Crippen molar-refractivity contribution in [1.82, 2.24) is 10.2 Å². The number of ether oxygens (including phenoxy) is 1. The van der Waals surface area contributed by atoms with Gasteiger partial charge in [-0.1, -0.05) is 18.3 Å². The Morgan fingerprint density at radius 3 is 2.83 bits per heavy atom. The number of hydrogen-bond donors (Lipinski definition) is 0. The zero-order valence-corrected chi connectivity index (χ0v) is 9.48. The average molecular weight is 251 g/mol. The van der Waals surface area contributed by atoms with Crippen LogP contribution in [0.5, 0.6) is 0 Å². The lowest BCUT2D eigenvalue weighted by Gasteiger charge is -2.05. The molecule has 0 aliphatic rings. The Kier molecular flexibility index (Phi) is 4.11. The van der Waals surface area contributed by atoms with E-state index in [1.807, 2.05) is 0 Å². The lowest BCUT2D eigenvalue weighted by atomic mass is 10.1. The monoisotopic (exact) mass is 250 g/mol. The second-order valence-electron chi connectivity index (χ2n) is 2.71. The summed E-state index contributed by atoms with van der Waals surface area (Å²) in [4.78, 5) is 0. The van der Waals surface area contributed by atoms with Crippen molar-refractivity contribution in [3.8, 4) is 0 Å². The minimum absolute atomic E-state index is 0.509. The largest absolute Gasteiger partial charge is 0.384 e. The summed E-state index contributed by atoms with van der Waals surface area (Å²) in [7, 11) is 1.71. The molecule has 0 saturated heterocycles. The quantitative estimate of drug-likeness (QED) is 0.822. The van der Waals surface area contributed by atoms with Gasteiger partial charge in [0, 0.05) is 20.1 Å². The van der Waals surface area contributed by atoms with Crippen LogP contribution in [-0.2, 0) is 11.2 Å². The summed E-state index contributed by atoms with van der Waals surface area (Å²) >= 11 is 4.86. The summed E-state index contributed by atoms with van der Waals surface area (Å²) in [5.74, 6) is 0.509. The lowest BCUT2D eigenvalue weighted by Crippen LogP contribution is -2.06. The molecule has 0 N–H and O–H groups in total. The molecule has 0 aliphatic heterocycles. The molecule has 1 heterocycles. The summed E-state index contributed by atoms with van der Waals surface area (Å²) in [6.07, 6.45) is 0.942. The third kappa shape index (κ3) is 3.16. The van der Waals surface area contributed by atoms with Gasteiger partial charge in [-0.25, -0.2) is 0 Å². The molecule has 0 radical (unpaired) electrons. The predicted octanol–water partition coefficient (Wildman–Crippen LogP) is 2.13. The highest BCUT2D eigenvalue weighted by atomic mass is 79.9. The Morgan fingerprint density at radius 1 is 1.58 bits per heavy atom. The Balaban J connectivity index is 2.41. The van der Waals surface area contributed by atoms with Crippen LogP contribution in [0.2, 0.25) is 0 Å². The smallest absolute Gasteiger partial charge is 0.183 e. The van der Waals surface area contributed by atoms with Gasteiger partial charge in [0.25, 0.3) is 0 Å². The summed E-state index contributed by atoms with van der Waals surface area (Å²) in [5, 5.41) is 8.94. The van der Waals surface area contributed by atoms with Crippen LogP contribution in [0.3, 0.4) is 0 Å². The van der Waals surface area contributed by atoms with Gasteiger partial charge in [0.1, 0.15) is 5.01 Å². The molecule has 0 aromatic carbocycles. The Morgan fingerprint density at radius 2 is 2.33 bits per heavy atom. The van der Waals surface area contributed by atoms with E-state index in [4.69, 9.17) is 4.74 Å². The minimum atomic E-state index is 0.509. The van der Waals surface area contributed by atoms with E-state index in [1.54, 1.807) is 18.4 Å². The molecule has 68 valence electrons. The van der Waals surface area contributed by atoms with Gasteiger partial charge in [-0.3, -0.25) is 0 Å². The van der Waals surface area contributed by atoms with Crippen LogP contribution < -0.4 is 0 Å². The number of rotatable bonds is 4. The number of halogens is 1. The molecule has 1 unspecified atom stereocenters. The van der Waals surface area contributed by atoms with E-state index < -0.39 is 0 Å². The molecular formula is C7H11BrN2OS. The zero-order valence-electron chi connectivity index (χ0n) is 7.08. The van der Waals surface area contributed by atoms with E-state index >= 15 is 0 Å². The second kappa shape index (κ2) is 4.89. The van der Waals surface area contributed by atoms with Crippen LogP contribution in [0.4, 0.5) is 0 Å². The number of aromatic nitrogens is 2. The fourth-order valence-electron chi connectivity index (χ4n) is 0.957. The van der Waals surface area contributed by atoms with Crippen molar-refractivity contribution in [1.29, 1.82) is 0 Å². The van der Waals surface area contributed by atoms with E-state index in [2.05, 4.69) is 33.1 Å². The summed E-state index contributed by atoms with van der Waals surface area (Å²) in [6.45, 7) is 2.91. The maximum Gasteiger partial charge on any atom is 0.183 e. The topological polar surface area (TPSA) is 35.0 Å². The van der Waals surface area contributed by atoms with Crippen molar-refractivity contribution in [3.63, 3.8) is 0 Å². The van der Waals surface area contributed by atoms with Crippen molar-refractivity contribution in [2.45, 2.75) is 13.3 Å². The van der Waals surface area contributed by atoms with E-state index in [9.17, 15) is 0 Å². The maximum absolute atomic E-state index is 5.03. The van der Waals surface area contributed by atoms with Gasteiger partial charge in [0.05, 0.1) is 0 Å². The first-order valence-electron chi connectivity index (χ1n) is 3.69. The fraction of sp³-hybridized carbons (Fsp3) is 0.714. The van der Waals surface area contributed by atoms with Crippen LogP contribution in [0.25, 0.3) is 0 Å². The van der Waals surface area contributed by atoms with Crippen LogP contribution >= 0.6 is 27.3 Å². The Hall–Kier alpha value is -0.0000000000000000833. The number of methoxy groups -OCH3 is 1. The molecule has 1 atom stereocenters. The molecule has 0 spiro atoms. The standard InChI is InChI=1S/C7H11BrN2OS/c1-5(4-11-2)3-6-9-10-7(8)12-6/h5H,3-4H2,1-2H3. The van der Waals surface area contributed by atoms with Gasteiger partial charge >= 0.3 is 0 Å². The van der Waals surface area contributed by atoms with E-state index in [0.29, 0.717) is 5.92 Å². The normalized spacial score (nSPS) is 13.2. The molecule has 0 aliphatic carbocycles. The molecule has 0 amide bonds. The summed E-state index contributed by atoms with van der Waals surface area (Å²) < 4.78 is 5.88. The van der Waals surface area contributed by atoms with E-state index in [0.717, 1.165) is 22.0 Å². The average Bonchev–Trinajstić information content (AvgIpc) is 2.36. The third-order valence-electron chi connectivity index (χ3n) is 1.42. The zero-order chi connectivity index (χ0) is 8.97. The van der Waals surface area contributed by atoms with Crippen molar-refractivity contribution >= 4 is 27.3 Å².